The number of rotatable bonds is 8. The number of carbonyl (C=O) groups is 2. The lowest BCUT2D eigenvalue weighted by Crippen LogP contribution is -2.36. The molecule has 0 spiro atoms. The fraction of sp³-hybridized carbons (Fsp3) is 0.474. The van der Waals surface area contributed by atoms with Crippen LogP contribution in [0, 0.1) is 0 Å². The van der Waals surface area contributed by atoms with Crippen LogP contribution >= 0.6 is 34.7 Å². The number of carbonyl (C=O) groups excluding carboxylic acids is 2. The summed E-state index contributed by atoms with van der Waals surface area (Å²) in [4.78, 5) is 26.7. The number of hydrogen-bond acceptors (Lipinski definition) is 7. The van der Waals surface area contributed by atoms with Crippen molar-refractivity contribution in [2.24, 2.45) is 0 Å². The Bertz CT molecular complexity index is 807. The van der Waals surface area contributed by atoms with Crippen LogP contribution in [0.25, 0.3) is 0 Å². The summed E-state index contributed by atoms with van der Waals surface area (Å²) in [5.74, 6) is -0.112. The van der Waals surface area contributed by atoms with E-state index in [1.54, 1.807) is 24.3 Å². The van der Waals surface area contributed by atoms with E-state index in [2.05, 4.69) is 25.7 Å². The van der Waals surface area contributed by atoms with Crippen molar-refractivity contribution in [1.29, 1.82) is 0 Å². The monoisotopic (exact) mass is 453 g/mol. The van der Waals surface area contributed by atoms with Crippen molar-refractivity contribution in [1.82, 2.24) is 20.4 Å². The molecule has 2 N–H and O–H groups in total. The van der Waals surface area contributed by atoms with E-state index in [0.29, 0.717) is 21.6 Å². The molecule has 2 heterocycles. The lowest BCUT2D eigenvalue weighted by Gasteiger charge is -2.19. The molecule has 156 valence electrons. The molecular weight excluding hydrogens is 430 g/mol. The summed E-state index contributed by atoms with van der Waals surface area (Å²) in [6, 6.07) is 6.83. The van der Waals surface area contributed by atoms with Gasteiger partial charge in [0, 0.05) is 23.8 Å². The first-order valence-corrected chi connectivity index (χ1v) is 11.8. The van der Waals surface area contributed by atoms with Crippen LogP contribution in [0.15, 0.2) is 28.6 Å². The Morgan fingerprint density at radius 2 is 1.83 bits per heavy atom. The van der Waals surface area contributed by atoms with Crippen LogP contribution in [0.1, 0.15) is 35.5 Å². The summed E-state index contributed by atoms with van der Waals surface area (Å²) in [5.41, 5.74) is 0.632. The topological polar surface area (TPSA) is 87.2 Å². The van der Waals surface area contributed by atoms with Gasteiger partial charge in [-0.2, -0.15) is 0 Å². The van der Waals surface area contributed by atoms with Crippen LogP contribution in [0.2, 0.25) is 5.02 Å². The van der Waals surface area contributed by atoms with Crippen molar-refractivity contribution in [2.45, 2.75) is 30.0 Å². The molecule has 1 aliphatic heterocycles. The molecule has 2 amide bonds. The van der Waals surface area contributed by atoms with Crippen molar-refractivity contribution in [2.75, 3.05) is 37.2 Å². The molecule has 0 radical (unpaired) electrons. The van der Waals surface area contributed by atoms with Gasteiger partial charge < -0.3 is 15.5 Å². The standard InChI is InChI=1S/C19H24ClN5O2S2/c20-14-5-7-15(8-6-14)22-17(27)18-23-24-19(29-18)28-13-16(26)21-9-12-25-10-3-1-2-4-11-25/h5-8H,1-4,9-13H2,(H,21,26)(H,22,27). The van der Waals surface area contributed by atoms with Gasteiger partial charge in [0.25, 0.3) is 5.91 Å². The van der Waals surface area contributed by atoms with Crippen LogP contribution in [-0.2, 0) is 4.79 Å². The Hall–Kier alpha value is -1.68. The van der Waals surface area contributed by atoms with Crippen LogP contribution in [0.4, 0.5) is 5.69 Å². The number of aromatic nitrogens is 2. The summed E-state index contributed by atoms with van der Waals surface area (Å²) in [7, 11) is 0. The van der Waals surface area contributed by atoms with Crippen LogP contribution in [0.3, 0.4) is 0 Å². The first-order chi connectivity index (χ1) is 14.1. The minimum atomic E-state index is -0.335. The van der Waals surface area contributed by atoms with Gasteiger partial charge in [-0.15, -0.1) is 10.2 Å². The second-order valence-electron chi connectivity index (χ2n) is 6.73. The lowest BCUT2D eigenvalue weighted by atomic mass is 10.2. The summed E-state index contributed by atoms with van der Waals surface area (Å²) >= 11 is 8.29. The van der Waals surface area contributed by atoms with Crippen molar-refractivity contribution in [3.05, 3.63) is 34.3 Å². The van der Waals surface area contributed by atoms with E-state index in [1.807, 2.05) is 0 Å². The fourth-order valence-electron chi connectivity index (χ4n) is 2.97. The number of thioether (sulfide) groups is 1. The van der Waals surface area contributed by atoms with Gasteiger partial charge in [-0.1, -0.05) is 47.5 Å². The number of likely N-dealkylation sites (tertiary alicyclic amines) is 1. The van der Waals surface area contributed by atoms with Crippen LogP contribution in [-0.4, -0.2) is 58.8 Å². The number of nitrogens with zero attached hydrogens (tertiary/aromatic N) is 3. The van der Waals surface area contributed by atoms with Gasteiger partial charge in [0.1, 0.15) is 0 Å². The SMILES string of the molecule is O=C(CSc1nnc(C(=O)Nc2ccc(Cl)cc2)s1)NCCN1CCCCCC1. The van der Waals surface area contributed by atoms with E-state index in [-0.39, 0.29) is 22.6 Å². The molecule has 1 saturated heterocycles. The summed E-state index contributed by atoms with van der Waals surface area (Å²) in [6.45, 7) is 3.79. The van der Waals surface area contributed by atoms with Crippen molar-refractivity contribution < 1.29 is 9.59 Å². The maximum atomic E-state index is 12.2. The first-order valence-electron chi connectivity index (χ1n) is 9.62. The van der Waals surface area contributed by atoms with Crippen molar-refractivity contribution in [3.8, 4) is 0 Å². The van der Waals surface area contributed by atoms with E-state index >= 15 is 0 Å². The van der Waals surface area contributed by atoms with Crippen LogP contribution in [0.5, 0.6) is 0 Å². The quantitative estimate of drug-likeness (QED) is 0.594. The summed E-state index contributed by atoms with van der Waals surface area (Å²) < 4.78 is 0.592. The number of halogens is 1. The molecule has 0 atom stereocenters. The maximum Gasteiger partial charge on any atom is 0.286 e. The number of nitrogens with one attached hydrogen (secondary N) is 2. The predicted molar refractivity (Wildman–Crippen MR) is 118 cm³/mol. The first kappa shape index (κ1) is 22.0. The fourth-order valence-corrected chi connectivity index (χ4v) is 4.67. The molecule has 3 rings (SSSR count). The molecule has 1 fully saturated rings. The Balaban J connectivity index is 1.37. The van der Waals surface area contributed by atoms with E-state index in [1.165, 1.54) is 48.8 Å². The molecule has 1 aromatic carbocycles. The molecule has 1 aliphatic rings. The second-order valence-corrected chi connectivity index (χ2v) is 9.37. The minimum absolute atomic E-state index is 0.0350. The van der Waals surface area contributed by atoms with E-state index in [4.69, 9.17) is 11.6 Å². The highest BCUT2D eigenvalue weighted by Crippen LogP contribution is 2.23. The zero-order valence-electron chi connectivity index (χ0n) is 16.0. The Labute approximate surface area is 183 Å². The Morgan fingerprint density at radius 3 is 2.55 bits per heavy atom. The van der Waals surface area contributed by atoms with Gasteiger partial charge >= 0.3 is 0 Å². The highest BCUT2D eigenvalue weighted by atomic mass is 35.5. The molecule has 0 unspecified atom stereocenters. The van der Waals surface area contributed by atoms with Crippen molar-refractivity contribution in [3.63, 3.8) is 0 Å². The third-order valence-electron chi connectivity index (χ3n) is 4.48. The molecule has 7 nitrogen and oxygen atoms in total. The highest BCUT2D eigenvalue weighted by molar-refractivity contribution is 8.01. The average Bonchev–Trinajstić information content (AvgIpc) is 3.05. The molecule has 0 bridgehead atoms. The molecule has 2 aromatic rings. The molecule has 0 saturated carbocycles. The largest absolute Gasteiger partial charge is 0.354 e. The lowest BCUT2D eigenvalue weighted by molar-refractivity contribution is -0.118. The zero-order chi connectivity index (χ0) is 20.5. The zero-order valence-corrected chi connectivity index (χ0v) is 18.4. The molecular formula is C19H24ClN5O2S2. The van der Waals surface area contributed by atoms with Gasteiger partial charge in [-0.3, -0.25) is 9.59 Å². The van der Waals surface area contributed by atoms with Crippen molar-refractivity contribution >= 4 is 52.2 Å². The molecule has 10 heteroatoms. The van der Waals surface area contributed by atoms with Crippen LogP contribution < -0.4 is 10.6 Å². The Morgan fingerprint density at radius 1 is 1.10 bits per heavy atom. The Kier molecular flexibility index (Phi) is 8.72. The van der Waals surface area contributed by atoms with E-state index < -0.39 is 0 Å². The number of benzene rings is 1. The van der Waals surface area contributed by atoms with E-state index in [9.17, 15) is 9.59 Å². The van der Waals surface area contributed by atoms with Gasteiger partial charge in [0.05, 0.1) is 5.75 Å². The number of hydrogen-bond donors (Lipinski definition) is 2. The third kappa shape index (κ3) is 7.58. The second kappa shape index (κ2) is 11.5. The average molecular weight is 454 g/mol. The smallest absolute Gasteiger partial charge is 0.286 e. The van der Waals surface area contributed by atoms with Gasteiger partial charge in [0.15, 0.2) is 4.34 Å². The van der Waals surface area contributed by atoms with Gasteiger partial charge in [0.2, 0.25) is 10.9 Å². The van der Waals surface area contributed by atoms with Gasteiger partial charge in [-0.05, 0) is 50.2 Å². The number of anilines is 1. The molecule has 1 aromatic heterocycles. The summed E-state index contributed by atoms with van der Waals surface area (Å²) in [6.07, 6.45) is 5.10. The normalized spacial score (nSPS) is 14.9. The highest BCUT2D eigenvalue weighted by Gasteiger charge is 2.15. The van der Waals surface area contributed by atoms with Gasteiger partial charge in [-0.25, -0.2) is 0 Å². The number of amides is 2. The molecule has 0 aliphatic carbocycles. The molecule has 29 heavy (non-hydrogen) atoms. The predicted octanol–water partition coefficient (Wildman–Crippen LogP) is 3.53. The minimum Gasteiger partial charge on any atom is -0.354 e. The summed E-state index contributed by atoms with van der Waals surface area (Å²) in [5, 5.41) is 14.5. The maximum absolute atomic E-state index is 12.2. The third-order valence-corrected chi connectivity index (χ3v) is 6.79. The van der Waals surface area contributed by atoms with E-state index in [0.717, 1.165) is 19.6 Å².